The minimum absolute atomic E-state index is 0.00326. The molecule has 1 amide bonds. The average molecular weight is 355 g/mol. The number of benzene rings is 1. The monoisotopic (exact) mass is 355 g/mol. The Bertz CT molecular complexity index is 742. The lowest BCUT2D eigenvalue weighted by Gasteiger charge is -2.38. The summed E-state index contributed by atoms with van der Waals surface area (Å²) >= 11 is 0. The predicted octanol–water partition coefficient (Wildman–Crippen LogP) is 1.76. The summed E-state index contributed by atoms with van der Waals surface area (Å²) in [7, 11) is 0. The molecule has 2 heterocycles. The van der Waals surface area contributed by atoms with Crippen molar-refractivity contribution in [3.8, 4) is 0 Å². The van der Waals surface area contributed by atoms with Crippen LogP contribution >= 0.6 is 0 Å². The Kier molecular flexibility index (Phi) is 4.79. The fraction of sp³-hybridized carbons (Fsp3) is 0.421. The zero-order chi connectivity index (χ0) is 17.9. The van der Waals surface area contributed by atoms with Crippen LogP contribution in [0.3, 0.4) is 0 Å². The number of aromatic nitrogens is 2. The highest BCUT2D eigenvalue weighted by atomic mass is 19.1. The second-order valence-corrected chi connectivity index (χ2v) is 6.81. The first-order chi connectivity index (χ1) is 12.7. The Morgan fingerprint density at radius 2 is 1.73 bits per heavy atom. The lowest BCUT2D eigenvalue weighted by Crippen LogP contribution is -2.51. The molecule has 1 aromatic carbocycles. The Balaban J connectivity index is 1.49. The standard InChI is InChI=1S/C19H22FN5O/c20-15-4-2-14(3-5-15)17(18(26)23-16-6-7-16)24-10-12-25(13-11-24)19-21-8-1-9-22-19/h1-5,8-9,16-17H,6-7,10-13H2,(H,23,26)/t17-/m0/s1. The molecule has 2 aromatic rings. The number of anilines is 1. The molecule has 136 valence electrons. The molecule has 1 saturated heterocycles. The molecule has 0 unspecified atom stereocenters. The Morgan fingerprint density at radius 3 is 2.35 bits per heavy atom. The number of halogens is 1. The molecular formula is C19H22FN5O. The third-order valence-electron chi connectivity index (χ3n) is 4.87. The van der Waals surface area contributed by atoms with Gasteiger partial charge in [-0.2, -0.15) is 0 Å². The number of hydrogen-bond donors (Lipinski definition) is 1. The number of rotatable bonds is 5. The number of nitrogens with zero attached hydrogens (tertiary/aromatic N) is 4. The van der Waals surface area contributed by atoms with Crippen LogP contribution in [0, 0.1) is 5.82 Å². The lowest BCUT2D eigenvalue weighted by atomic mass is 10.0. The van der Waals surface area contributed by atoms with E-state index >= 15 is 0 Å². The van der Waals surface area contributed by atoms with Crippen LogP contribution in [0.5, 0.6) is 0 Å². The van der Waals surface area contributed by atoms with E-state index in [9.17, 15) is 9.18 Å². The van der Waals surface area contributed by atoms with E-state index in [0.717, 1.165) is 44.6 Å². The van der Waals surface area contributed by atoms with E-state index in [2.05, 4.69) is 25.1 Å². The quantitative estimate of drug-likeness (QED) is 0.886. The molecule has 2 aliphatic rings. The zero-order valence-corrected chi connectivity index (χ0v) is 14.5. The average Bonchev–Trinajstić information content (AvgIpc) is 3.49. The second kappa shape index (κ2) is 7.37. The number of nitrogens with one attached hydrogen (secondary N) is 1. The summed E-state index contributed by atoms with van der Waals surface area (Å²) in [5.41, 5.74) is 0.828. The van der Waals surface area contributed by atoms with Gasteiger partial charge in [0, 0.05) is 44.6 Å². The highest BCUT2D eigenvalue weighted by Crippen LogP contribution is 2.26. The smallest absolute Gasteiger partial charge is 0.242 e. The molecule has 1 atom stereocenters. The molecule has 2 fully saturated rings. The van der Waals surface area contributed by atoms with Crippen LogP contribution in [0.1, 0.15) is 24.4 Å². The van der Waals surface area contributed by atoms with Gasteiger partial charge in [-0.25, -0.2) is 14.4 Å². The Labute approximate surface area is 152 Å². The number of hydrogen-bond acceptors (Lipinski definition) is 5. The normalized spacial score (nSPS) is 19.2. The topological polar surface area (TPSA) is 61.4 Å². The van der Waals surface area contributed by atoms with Gasteiger partial charge in [-0.15, -0.1) is 0 Å². The molecule has 26 heavy (non-hydrogen) atoms. The molecule has 1 aliphatic heterocycles. The fourth-order valence-corrected chi connectivity index (χ4v) is 3.32. The summed E-state index contributed by atoms with van der Waals surface area (Å²) in [4.78, 5) is 25.7. The second-order valence-electron chi connectivity index (χ2n) is 6.81. The first-order valence-corrected chi connectivity index (χ1v) is 9.02. The molecule has 7 heteroatoms. The zero-order valence-electron chi connectivity index (χ0n) is 14.5. The van der Waals surface area contributed by atoms with Gasteiger partial charge in [-0.1, -0.05) is 12.1 Å². The van der Waals surface area contributed by atoms with E-state index in [4.69, 9.17) is 0 Å². The maximum Gasteiger partial charge on any atom is 0.242 e. The predicted molar refractivity (Wildman–Crippen MR) is 96.1 cm³/mol. The van der Waals surface area contributed by atoms with Gasteiger partial charge in [-0.3, -0.25) is 9.69 Å². The van der Waals surface area contributed by atoms with Crippen molar-refractivity contribution in [2.45, 2.75) is 24.9 Å². The van der Waals surface area contributed by atoms with E-state index in [-0.39, 0.29) is 11.7 Å². The van der Waals surface area contributed by atoms with E-state index in [1.165, 1.54) is 12.1 Å². The number of carbonyl (C=O) groups is 1. The largest absolute Gasteiger partial charge is 0.352 e. The van der Waals surface area contributed by atoms with Crippen molar-refractivity contribution >= 4 is 11.9 Å². The van der Waals surface area contributed by atoms with Crippen molar-refractivity contribution in [2.75, 3.05) is 31.1 Å². The lowest BCUT2D eigenvalue weighted by molar-refractivity contribution is -0.127. The fourth-order valence-electron chi connectivity index (χ4n) is 3.32. The van der Waals surface area contributed by atoms with Crippen LogP contribution in [-0.4, -0.2) is 53.0 Å². The van der Waals surface area contributed by atoms with Gasteiger partial charge in [0.05, 0.1) is 0 Å². The van der Waals surface area contributed by atoms with Gasteiger partial charge in [0.15, 0.2) is 0 Å². The summed E-state index contributed by atoms with van der Waals surface area (Å²) in [6, 6.07) is 7.95. The molecule has 0 radical (unpaired) electrons. The van der Waals surface area contributed by atoms with Crippen molar-refractivity contribution < 1.29 is 9.18 Å². The van der Waals surface area contributed by atoms with E-state index < -0.39 is 6.04 Å². The van der Waals surface area contributed by atoms with Crippen LogP contribution in [0.4, 0.5) is 10.3 Å². The van der Waals surface area contributed by atoms with Gasteiger partial charge in [-0.05, 0) is 36.6 Å². The van der Waals surface area contributed by atoms with Crippen LogP contribution in [0.15, 0.2) is 42.7 Å². The highest BCUT2D eigenvalue weighted by Gasteiger charge is 2.34. The van der Waals surface area contributed by atoms with E-state index in [1.54, 1.807) is 30.6 Å². The third kappa shape index (κ3) is 3.83. The van der Waals surface area contributed by atoms with Crippen molar-refractivity contribution in [2.24, 2.45) is 0 Å². The van der Waals surface area contributed by atoms with Crippen LogP contribution in [0.25, 0.3) is 0 Å². The molecule has 0 spiro atoms. The molecule has 0 bridgehead atoms. The van der Waals surface area contributed by atoms with Crippen LogP contribution < -0.4 is 10.2 Å². The van der Waals surface area contributed by atoms with Crippen LogP contribution in [0.2, 0.25) is 0 Å². The number of piperazine rings is 1. The first-order valence-electron chi connectivity index (χ1n) is 9.02. The third-order valence-corrected chi connectivity index (χ3v) is 4.87. The van der Waals surface area contributed by atoms with E-state index in [1.807, 2.05) is 0 Å². The van der Waals surface area contributed by atoms with Gasteiger partial charge >= 0.3 is 0 Å². The molecule has 1 aromatic heterocycles. The van der Waals surface area contributed by atoms with Crippen molar-refractivity contribution in [1.29, 1.82) is 0 Å². The molecule has 1 N–H and O–H groups in total. The van der Waals surface area contributed by atoms with Crippen molar-refractivity contribution in [3.05, 3.63) is 54.1 Å². The highest BCUT2D eigenvalue weighted by molar-refractivity contribution is 5.83. The summed E-state index contributed by atoms with van der Waals surface area (Å²) in [5.74, 6) is 0.428. The molecular weight excluding hydrogens is 333 g/mol. The van der Waals surface area contributed by atoms with E-state index in [0.29, 0.717) is 12.0 Å². The van der Waals surface area contributed by atoms with Gasteiger partial charge < -0.3 is 10.2 Å². The molecule has 4 rings (SSSR count). The number of amides is 1. The summed E-state index contributed by atoms with van der Waals surface area (Å²) in [5, 5.41) is 3.09. The molecule has 1 saturated carbocycles. The van der Waals surface area contributed by atoms with Crippen molar-refractivity contribution in [1.82, 2.24) is 20.2 Å². The summed E-state index contributed by atoms with van der Waals surface area (Å²) in [6.45, 7) is 2.94. The van der Waals surface area contributed by atoms with Gasteiger partial charge in [0.2, 0.25) is 11.9 Å². The van der Waals surface area contributed by atoms with Crippen LogP contribution in [-0.2, 0) is 4.79 Å². The maximum atomic E-state index is 13.3. The summed E-state index contributed by atoms with van der Waals surface area (Å²) < 4.78 is 13.3. The van der Waals surface area contributed by atoms with Crippen molar-refractivity contribution in [3.63, 3.8) is 0 Å². The Hall–Kier alpha value is -2.54. The maximum absolute atomic E-state index is 13.3. The minimum Gasteiger partial charge on any atom is -0.352 e. The minimum atomic E-state index is -0.393. The Morgan fingerprint density at radius 1 is 1.08 bits per heavy atom. The van der Waals surface area contributed by atoms with Gasteiger partial charge in [0.1, 0.15) is 11.9 Å². The SMILES string of the molecule is O=C(NC1CC1)[C@H](c1ccc(F)cc1)N1CCN(c2ncccn2)CC1. The number of carbonyl (C=O) groups excluding carboxylic acids is 1. The molecule has 6 nitrogen and oxygen atoms in total. The van der Waals surface area contributed by atoms with Gasteiger partial charge in [0.25, 0.3) is 0 Å². The first kappa shape index (κ1) is 16.9. The molecule has 1 aliphatic carbocycles. The summed E-state index contributed by atoms with van der Waals surface area (Å²) in [6.07, 6.45) is 5.56.